The van der Waals surface area contributed by atoms with Crippen LogP contribution in [0.1, 0.15) is 407 Å². The summed E-state index contributed by atoms with van der Waals surface area (Å²) < 4.78 is 0. The lowest BCUT2D eigenvalue weighted by Crippen LogP contribution is -2.01. The van der Waals surface area contributed by atoms with Crippen molar-refractivity contribution in [2.45, 2.75) is 316 Å². The number of aromatic nitrogens is 16. The van der Waals surface area contributed by atoms with Crippen molar-refractivity contribution in [1.29, 1.82) is 0 Å². The average Bonchev–Trinajstić information content (AvgIpc) is 3.00. The molecule has 528 valence electrons. The van der Waals surface area contributed by atoms with Crippen LogP contribution in [-0.2, 0) is 0 Å². The Labute approximate surface area is 583 Å². The van der Waals surface area contributed by atoms with Gasteiger partial charge < -0.3 is 0 Å². The molecule has 0 N–H and O–H groups in total. The lowest BCUT2D eigenvalue weighted by Gasteiger charge is -2.07. The number of rotatable bonds is 16. The molecular weight excluding hydrogens is 1180 g/mol. The second-order valence-electron chi connectivity index (χ2n) is 29.5. The fourth-order valence-electron chi connectivity index (χ4n) is 7.86. The second kappa shape index (κ2) is 45.2. The zero-order valence-electron chi connectivity index (χ0n) is 65.6. The first-order valence-electron chi connectivity index (χ1n) is 35.5. The molecule has 0 aliphatic carbocycles. The molecule has 16 nitrogen and oxygen atoms in total. The molecule has 8 aromatic heterocycles. The molecular formula is C80H128N16. The zero-order chi connectivity index (χ0) is 73.1. The van der Waals surface area contributed by atoms with Gasteiger partial charge in [0.15, 0.2) is 0 Å². The van der Waals surface area contributed by atoms with Crippen LogP contribution in [0.15, 0.2) is 98.4 Å². The summed E-state index contributed by atoms with van der Waals surface area (Å²) in [6.07, 6.45) is 16.5. The number of nitrogens with zero attached hydrogens (tertiary/aromatic N) is 16. The van der Waals surface area contributed by atoms with E-state index in [1.807, 2.05) is 61.7 Å². The Morgan fingerprint density at radius 3 is 0.760 bits per heavy atom. The van der Waals surface area contributed by atoms with Crippen molar-refractivity contribution in [2.24, 2.45) is 0 Å². The first-order chi connectivity index (χ1) is 44.9. The third-order valence-corrected chi connectivity index (χ3v) is 15.0. The van der Waals surface area contributed by atoms with Crippen molar-refractivity contribution in [3.8, 4) is 0 Å². The highest BCUT2D eigenvalue weighted by Gasteiger charge is 2.12. The third-order valence-electron chi connectivity index (χ3n) is 15.0. The average molecular weight is 1310 g/mol. The number of hydrogen-bond acceptors (Lipinski definition) is 16. The van der Waals surface area contributed by atoms with Crippen LogP contribution < -0.4 is 0 Å². The molecule has 8 rings (SSSR count). The van der Waals surface area contributed by atoms with Gasteiger partial charge in [-0.25, -0.2) is 29.9 Å². The molecule has 8 heterocycles. The van der Waals surface area contributed by atoms with E-state index < -0.39 is 0 Å². The largest absolute Gasteiger partial charge is 0.261 e. The van der Waals surface area contributed by atoms with E-state index in [9.17, 15) is 0 Å². The molecule has 0 aromatic carbocycles. The van der Waals surface area contributed by atoms with Crippen molar-refractivity contribution in [1.82, 2.24) is 80.4 Å². The minimum atomic E-state index is 0.420. The van der Waals surface area contributed by atoms with Crippen LogP contribution in [0.3, 0.4) is 0 Å². The highest BCUT2D eigenvalue weighted by atomic mass is 15.1. The Morgan fingerprint density at radius 1 is 0.208 bits per heavy atom. The molecule has 0 radical (unpaired) electrons. The van der Waals surface area contributed by atoms with Crippen LogP contribution in [-0.4, -0.2) is 80.4 Å². The van der Waals surface area contributed by atoms with E-state index in [0.29, 0.717) is 94.7 Å². The summed E-state index contributed by atoms with van der Waals surface area (Å²) in [6.45, 7) is 68.3. The summed E-state index contributed by atoms with van der Waals surface area (Å²) in [5.74, 6) is 9.53. The van der Waals surface area contributed by atoms with Gasteiger partial charge in [-0.2, -0.15) is 30.6 Å². The molecule has 0 amide bonds. The van der Waals surface area contributed by atoms with Crippen LogP contribution >= 0.6 is 0 Å². The predicted molar refractivity (Wildman–Crippen MR) is 402 cm³/mol. The summed E-state index contributed by atoms with van der Waals surface area (Å²) in [6, 6.07) is 14.5. The lowest BCUT2D eigenvalue weighted by atomic mass is 10.0. The van der Waals surface area contributed by atoms with Gasteiger partial charge >= 0.3 is 0 Å². The Bertz CT molecular complexity index is 2650. The zero-order valence-corrected chi connectivity index (χ0v) is 65.6. The molecule has 8 aromatic rings. The van der Waals surface area contributed by atoms with Crippen LogP contribution in [0, 0.1) is 0 Å². The van der Waals surface area contributed by atoms with Crippen molar-refractivity contribution < 1.29 is 0 Å². The molecule has 0 saturated heterocycles. The van der Waals surface area contributed by atoms with Crippen molar-refractivity contribution >= 4 is 0 Å². The van der Waals surface area contributed by atoms with Crippen LogP contribution in [0.5, 0.6) is 0 Å². The molecule has 0 bridgehead atoms. The first kappa shape index (κ1) is 86.7. The Kier molecular flexibility index (Phi) is 40.8. The minimum absolute atomic E-state index is 0.420. The SMILES string of the molecule is CC(C)c1cc(C(C)C)ncn1.CC(C)c1ccc(C(C)C)nn1.CC(C)c1ccnc(C(C)C)n1.CC(C)c1ccnc(C(C)C)n1.CC(C)c1cnc(C(C)C)cn1.CC(C)c1cncc(C(C)C)n1.CC(C)c1cnnc(C(C)C)c1.CC(C)c1cnnc(C(C)C)c1. The Morgan fingerprint density at radius 2 is 0.510 bits per heavy atom. The Hall–Kier alpha value is -7.36. The lowest BCUT2D eigenvalue weighted by molar-refractivity contribution is 0.729. The molecule has 0 spiro atoms. The molecule has 16 heteroatoms. The summed E-state index contributed by atoms with van der Waals surface area (Å²) in [7, 11) is 0. The van der Waals surface area contributed by atoms with E-state index >= 15 is 0 Å². The quantitative estimate of drug-likeness (QED) is 0.0881. The van der Waals surface area contributed by atoms with E-state index in [1.54, 1.807) is 6.33 Å². The van der Waals surface area contributed by atoms with Crippen LogP contribution in [0.4, 0.5) is 0 Å². The molecule has 0 aliphatic rings. The van der Waals surface area contributed by atoms with Crippen LogP contribution in [0.25, 0.3) is 0 Å². The van der Waals surface area contributed by atoms with Gasteiger partial charge in [0.25, 0.3) is 0 Å². The maximum atomic E-state index is 4.51. The van der Waals surface area contributed by atoms with E-state index in [0.717, 1.165) is 80.0 Å². The summed E-state index contributed by atoms with van der Waals surface area (Å²) in [5.41, 5.74) is 15.7. The summed E-state index contributed by atoms with van der Waals surface area (Å²) in [5, 5.41) is 24.4. The fourth-order valence-corrected chi connectivity index (χ4v) is 7.86. The maximum Gasteiger partial charge on any atom is 0.131 e. The summed E-state index contributed by atoms with van der Waals surface area (Å²) >= 11 is 0. The normalized spacial score (nSPS) is 11.2. The molecule has 96 heavy (non-hydrogen) atoms. The summed E-state index contributed by atoms with van der Waals surface area (Å²) in [4.78, 5) is 43.1. The fraction of sp³-hybridized carbons (Fsp3) is 0.600. The van der Waals surface area contributed by atoms with Crippen molar-refractivity contribution in [2.75, 3.05) is 0 Å². The molecule has 0 atom stereocenters. The van der Waals surface area contributed by atoms with Gasteiger partial charge in [-0.3, -0.25) is 19.9 Å². The van der Waals surface area contributed by atoms with Gasteiger partial charge in [0.05, 0.1) is 57.9 Å². The van der Waals surface area contributed by atoms with Gasteiger partial charge in [-0.15, -0.1) is 0 Å². The second-order valence-corrected chi connectivity index (χ2v) is 29.5. The topological polar surface area (TPSA) is 206 Å². The van der Waals surface area contributed by atoms with Crippen molar-refractivity contribution in [3.05, 3.63) is 189 Å². The Balaban J connectivity index is 0.000000549. The van der Waals surface area contributed by atoms with E-state index in [4.69, 9.17) is 0 Å². The molecule has 0 fully saturated rings. The first-order valence-corrected chi connectivity index (χ1v) is 35.5. The predicted octanol–water partition coefficient (Wildman–Crippen LogP) is 21.8. The van der Waals surface area contributed by atoms with Crippen molar-refractivity contribution in [3.63, 3.8) is 0 Å². The maximum absolute atomic E-state index is 4.51. The highest BCUT2D eigenvalue weighted by Crippen LogP contribution is 2.22. The number of hydrogen-bond donors (Lipinski definition) is 0. The van der Waals surface area contributed by atoms with E-state index in [-0.39, 0.29) is 0 Å². The molecule has 0 aliphatic heterocycles. The van der Waals surface area contributed by atoms with Gasteiger partial charge in [0, 0.05) is 71.8 Å². The smallest absolute Gasteiger partial charge is 0.131 e. The third kappa shape index (κ3) is 34.0. The monoisotopic (exact) mass is 1310 g/mol. The van der Waals surface area contributed by atoms with Crippen LogP contribution in [0.2, 0.25) is 0 Å². The minimum Gasteiger partial charge on any atom is -0.261 e. The van der Waals surface area contributed by atoms with E-state index in [2.05, 4.69) is 332 Å². The van der Waals surface area contributed by atoms with Gasteiger partial charge in [-0.1, -0.05) is 222 Å². The molecule has 0 saturated carbocycles. The molecule has 0 unspecified atom stereocenters. The standard InChI is InChI=1S/8C10H16N2/c1-7(2)9-5-12-10(6-11-9)8(3)4;1-7(2)9-5-11-6-10(12-9)8(3)4;1-7(2)9-5-10(8(3)4)12-6-11-9;2*1-7(2)9-5-10(8(3)4)12-11-6-9;2*1-7(2)9-5-6-11-10(12-9)8(3)4;1-7(2)9-5-6-10(8(3)4)12-11-9/h8*5-8H,1-4H3. The van der Waals surface area contributed by atoms with Gasteiger partial charge in [0.1, 0.15) is 18.0 Å². The van der Waals surface area contributed by atoms with Gasteiger partial charge in [-0.05, 0) is 136 Å². The highest BCUT2D eigenvalue weighted by molar-refractivity contribution is 5.20. The van der Waals surface area contributed by atoms with E-state index in [1.165, 1.54) is 11.1 Å². The van der Waals surface area contributed by atoms with Gasteiger partial charge in [0.2, 0.25) is 0 Å².